The van der Waals surface area contributed by atoms with Crippen molar-refractivity contribution in [3.8, 4) is 0 Å². The van der Waals surface area contributed by atoms with Crippen LogP contribution in [-0.2, 0) is 0 Å². The molecule has 0 spiro atoms. The maximum Gasteiger partial charge on any atom is 0.273 e. The molecular weight excluding hydrogens is 258 g/mol. The first kappa shape index (κ1) is 14.5. The third-order valence-electron chi connectivity index (χ3n) is 3.61. The van der Waals surface area contributed by atoms with Gasteiger partial charge < -0.3 is 10.6 Å². The van der Waals surface area contributed by atoms with Crippen LogP contribution in [0.3, 0.4) is 0 Å². The molecule has 1 fully saturated rings. The van der Waals surface area contributed by atoms with Gasteiger partial charge in [-0.25, -0.2) is 0 Å². The molecule has 1 aromatic rings. The molecule has 1 atom stereocenters. The Bertz CT molecular complexity index is 510. The van der Waals surface area contributed by atoms with Gasteiger partial charge in [0.1, 0.15) is 0 Å². The third-order valence-corrected chi connectivity index (χ3v) is 3.61. The van der Waals surface area contributed by atoms with Gasteiger partial charge in [0.25, 0.3) is 11.6 Å². The molecule has 1 aromatic carbocycles. The summed E-state index contributed by atoms with van der Waals surface area (Å²) in [4.78, 5) is 22.3. The van der Waals surface area contributed by atoms with Crippen molar-refractivity contribution in [3.05, 3.63) is 39.4 Å². The van der Waals surface area contributed by atoms with E-state index in [1.807, 2.05) is 0 Å². The number of carbonyl (C=O) groups is 1. The zero-order valence-electron chi connectivity index (χ0n) is 11.5. The fourth-order valence-electron chi connectivity index (χ4n) is 2.41. The van der Waals surface area contributed by atoms with E-state index in [0.29, 0.717) is 23.7 Å². The molecule has 2 rings (SSSR count). The Hall–Kier alpha value is -1.95. The molecule has 0 aliphatic carbocycles. The molecular formula is C14H19N3O3. The maximum absolute atomic E-state index is 12.0. The van der Waals surface area contributed by atoms with E-state index in [1.165, 1.54) is 12.5 Å². The average Bonchev–Trinajstić information content (AvgIpc) is 2.92. The van der Waals surface area contributed by atoms with Gasteiger partial charge in [-0.1, -0.05) is 6.07 Å². The topological polar surface area (TPSA) is 84.3 Å². The Balaban J connectivity index is 1.91. The molecule has 6 heteroatoms. The van der Waals surface area contributed by atoms with Crippen molar-refractivity contribution < 1.29 is 9.72 Å². The van der Waals surface area contributed by atoms with Crippen LogP contribution < -0.4 is 10.6 Å². The molecule has 0 unspecified atom stereocenters. The Morgan fingerprint density at radius 1 is 1.55 bits per heavy atom. The first-order chi connectivity index (χ1) is 9.58. The van der Waals surface area contributed by atoms with Crippen LogP contribution >= 0.6 is 0 Å². The summed E-state index contributed by atoms with van der Waals surface area (Å²) in [5.41, 5.74) is 0.874. The van der Waals surface area contributed by atoms with Gasteiger partial charge in [0.2, 0.25) is 0 Å². The highest BCUT2D eigenvalue weighted by atomic mass is 16.6. The van der Waals surface area contributed by atoms with E-state index in [2.05, 4.69) is 10.6 Å². The SMILES string of the molecule is Cc1ccc(C(=O)NCC[C@H]2CCCN2)cc1[N+](=O)[O-]. The molecule has 1 aliphatic heterocycles. The molecule has 1 heterocycles. The lowest BCUT2D eigenvalue weighted by molar-refractivity contribution is -0.385. The van der Waals surface area contributed by atoms with Crippen molar-refractivity contribution in [1.29, 1.82) is 0 Å². The fraction of sp³-hybridized carbons (Fsp3) is 0.500. The van der Waals surface area contributed by atoms with Crippen LogP contribution in [0.5, 0.6) is 0 Å². The summed E-state index contributed by atoms with van der Waals surface area (Å²) in [6, 6.07) is 5.03. The van der Waals surface area contributed by atoms with E-state index in [-0.39, 0.29) is 11.6 Å². The van der Waals surface area contributed by atoms with Gasteiger partial charge in [-0.15, -0.1) is 0 Å². The first-order valence-corrected chi connectivity index (χ1v) is 6.84. The molecule has 108 valence electrons. The van der Waals surface area contributed by atoms with Crippen LogP contribution in [0.1, 0.15) is 35.2 Å². The zero-order valence-corrected chi connectivity index (χ0v) is 11.5. The van der Waals surface area contributed by atoms with Crippen LogP contribution in [0, 0.1) is 17.0 Å². The number of hydrogen-bond acceptors (Lipinski definition) is 4. The fourth-order valence-corrected chi connectivity index (χ4v) is 2.41. The second kappa shape index (κ2) is 6.47. The summed E-state index contributed by atoms with van der Waals surface area (Å²) in [6.07, 6.45) is 3.22. The Labute approximate surface area is 117 Å². The van der Waals surface area contributed by atoms with Gasteiger partial charge in [0, 0.05) is 29.8 Å². The monoisotopic (exact) mass is 277 g/mol. The number of rotatable bonds is 5. The minimum atomic E-state index is -0.464. The predicted molar refractivity (Wildman–Crippen MR) is 75.8 cm³/mol. The van der Waals surface area contributed by atoms with E-state index in [0.717, 1.165) is 19.4 Å². The highest BCUT2D eigenvalue weighted by molar-refractivity contribution is 5.94. The van der Waals surface area contributed by atoms with Crippen molar-refractivity contribution in [2.45, 2.75) is 32.2 Å². The standard InChI is InChI=1S/C14H19N3O3/c1-10-4-5-11(9-13(10)17(19)20)14(18)16-8-6-12-3-2-7-15-12/h4-5,9,12,15H,2-3,6-8H2,1H3,(H,16,18)/t12-/m1/s1. The molecule has 1 saturated heterocycles. The van der Waals surface area contributed by atoms with E-state index >= 15 is 0 Å². The molecule has 1 aliphatic rings. The summed E-state index contributed by atoms with van der Waals surface area (Å²) in [7, 11) is 0. The lowest BCUT2D eigenvalue weighted by Crippen LogP contribution is -2.30. The highest BCUT2D eigenvalue weighted by Crippen LogP contribution is 2.19. The smallest absolute Gasteiger partial charge is 0.273 e. The van der Waals surface area contributed by atoms with Crippen molar-refractivity contribution in [2.24, 2.45) is 0 Å². The van der Waals surface area contributed by atoms with Crippen LogP contribution in [0.2, 0.25) is 0 Å². The van der Waals surface area contributed by atoms with E-state index < -0.39 is 4.92 Å². The molecule has 20 heavy (non-hydrogen) atoms. The average molecular weight is 277 g/mol. The lowest BCUT2D eigenvalue weighted by Gasteiger charge is -2.10. The molecule has 0 bridgehead atoms. The van der Waals surface area contributed by atoms with Gasteiger partial charge in [-0.2, -0.15) is 0 Å². The molecule has 0 aromatic heterocycles. The normalized spacial score (nSPS) is 17.9. The molecule has 2 N–H and O–H groups in total. The van der Waals surface area contributed by atoms with Gasteiger partial charge in [-0.3, -0.25) is 14.9 Å². The van der Waals surface area contributed by atoms with Crippen molar-refractivity contribution in [2.75, 3.05) is 13.1 Å². The number of nitro groups is 1. The molecule has 1 amide bonds. The van der Waals surface area contributed by atoms with E-state index in [4.69, 9.17) is 0 Å². The quantitative estimate of drug-likeness (QED) is 0.634. The Morgan fingerprint density at radius 3 is 3.00 bits per heavy atom. The number of hydrogen-bond donors (Lipinski definition) is 2. The zero-order chi connectivity index (χ0) is 14.5. The number of carbonyl (C=O) groups excluding carboxylic acids is 1. The largest absolute Gasteiger partial charge is 0.352 e. The van der Waals surface area contributed by atoms with Crippen molar-refractivity contribution in [1.82, 2.24) is 10.6 Å². The number of amides is 1. The highest BCUT2D eigenvalue weighted by Gasteiger charge is 2.16. The number of nitro benzene ring substituents is 1. The third kappa shape index (κ3) is 3.54. The second-order valence-electron chi connectivity index (χ2n) is 5.10. The maximum atomic E-state index is 12.0. The van der Waals surface area contributed by atoms with Gasteiger partial charge in [0.15, 0.2) is 0 Å². The summed E-state index contributed by atoms with van der Waals surface area (Å²) >= 11 is 0. The number of nitrogens with zero attached hydrogens (tertiary/aromatic N) is 1. The van der Waals surface area contributed by atoms with Gasteiger partial charge >= 0.3 is 0 Å². The Morgan fingerprint density at radius 2 is 2.35 bits per heavy atom. The summed E-state index contributed by atoms with van der Waals surface area (Å²) in [6.45, 7) is 3.28. The second-order valence-corrected chi connectivity index (χ2v) is 5.10. The molecule has 6 nitrogen and oxygen atoms in total. The summed E-state index contributed by atoms with van der Waals surface area (Å²) in [5, 5.41) is 17.0. The number of aryl methyl sites for hydroxylation is 1. The van der Waals surface area contributed by atoms with Gasteiger partial charge in [0.05, 0.1) is 4.92 Å². The van der Waals surface area contributed by atoms with E-state index in [1.54, 1.807) is 19.1 Å². The van der Waals surface area contributed by atoms with Crippen molar-refractivity contribution in [3.63, 3.8) is 0 Å². The predicted octanol–water partition coefficient (Wildman–Crippen LogP) is 1.78. The summed E-state index contributed by atoms with van der Waals surface area (Å²) < 4.78 is 0. The minimum absolute atomic E-state index is 0.0184. The molecule has 0 saturated carbocycles. The number of nitrogens with one attached hydrogen (secondary N) is 2. The van der Waals surface area contributed by atoms with Gasteiger partial charge in [-0.05, 0) is 38.8 Å². The summed E-state index contributed by atoms with van der Waals surface area (Å²) in [5.74, 6) is -0.258. The minimum Gasteiger partial charge on any atom is -0.352 e. The van der Waals surface area contributed by atoms with Crippen molar-refractivity contribution >= 4 is 11.6 Å². The van der Waals surface area contributed by atoms with Crippen LogP contribution in [0.25, 0.3) is 0 Å². The van der Waals surface area contributed by atoms with E-state index in [9.17, 15) is 14.9 Å². The van der Waals surface area contributed by atoms with Crippen LogP contribution in [0.4, 0.5) is 5.69 Å². The first-order valence-electron chi connectivity index (χ1n) is 6.84. The Kier molecular flexibility index (Phi) is 4.68. The molecule has 0 radical (unpaired) electrons. The lowest BCUT2D eigenvalue weighted by atomic mass is 10.1. The van der Waals surface area contributed by atoms with Crippen LogP contribution in [0.15, 0.2) is 18.2 Å². The van der Waals surface area contributed by atoms with Crippen LogP contribution in [-0.4, -0.2) is 30.0 Å². The number of benzene rings is 1.